The summed E-state index contributed by atoms with van der Waals surface area (Å²) in [6.45, 7) is 0.894. The number of carboxylic acids is 2. The molecule has 1 fully saturated rings. The van der Waals surface area contributed by atoms with E-state index in [2.05, 4.69) is 10.3 Å². The smallest absolute Gasteiger partial charge is 0.337 e. The van der Waals surface area contributed by atoms with Gasteiger partial charge in [0.2, 0.25) is 10.0 Å². The van der Waals surface area contributed by atoms with E-state index in [0.717, 1.165) is 5.56 Å². The summed E-state index contributed by atoms with van der Waals surface area (Å²) in [4.78, 5) is 27.4. The summed E-state index contributed by atoms with van der Waals surface area (Å²) in [6, 6.07) is 17.8. The van der Waals surface area contributed by atoms with Gasteiger partial charge in [0, 0.05) is 24.7 Å². The molecule has 194 valence electrons. The molecule has 1 aromatic heterocycles. The summed E-state index contributed by atoms with van der Waals surface area (Å²) in [6.07, 6.45) is 1.28. The molecule has 0 radical (unpaired) electrons. The molecule has 0 atom stereocenters. The summed E-state index contributed by atoms with van der Waals surface area (Å²) >= 11 is 0. The molecule has 1 aliphatic rings. The molecule has 0 saturated carbocycles. The van der Waals surface area contributed by atoms with Crippen LogP contribution in [0.15, 0.2) is 77.8 Å². The van der Waals surface area contributed by atoms with Gasteiger partial charge in [0.15, 0.2) is 0 Å². The molecule has 1 aliphatic heterocycles. The Kier molecular flexibility index (Phi) is 6.81. The fourth-order valence-corrected chi connectivity index (χ4v) is 5.84. The van der Waals surface area contributed by atoms with Crippen molar-refractivity contribution in [2.45, 2.75) is 4.90 Å². The number of rotatable bonds is 7. The van der Waals surface area contributed by atoms with Crippen molar-refractivity contribution >= 4 is 44.2 Å². The Morgan fingerprint density at radius 2 is 1.58 bits per heavy atom. The number of benzene rings is 3. The molecule has 2 heterocycles. The van der Waals surface area contributed by atoms with Crippen LogP contribution >= 0.6 is 0 Å². The number of aromatic nitrogens is 1. The van der Waals surface area contributed by atoms with E-state index in [1.54, 1.807) is 48.5 Å². The minimum Gasteiger partial charge on any atom is -0.478 e. The number of pyridine rings is 1. The molecule has 3 N–H and O–H groups in total. The number of aromatic carboxylic acids is 2. The first-order chi connectivity index (χ1) is 18.3. The number of hydrogen-bond acceptors (Lipinski definition) is 7. The van der Waals surface area contributed by atoms with Crippen molar-refractivity contribution in [2.75, 3.05) is 31.6 Å². The molecule has 0 unspecified atom stereocenters. The van der Waals surface area contributed by atoms with Crippen LogP contribution in [0.4, 0.5) is 11.4 Å². The van der Waals surface area contributed by atoms with Gasteiger partial charge >= 0.3 is 11.9 Å². The van der Waals surface area contributed by atoms with Crippen LogP contribution < -0.4 is 5.32 Å². The lowest BCUT2D eigenvalue weighted by Gasteiger charge is -2.27. The van der Waals surface area contributed by atoms with Gasteiger partial charge in [-0.25, -0.2) is 18.0 Å². The Balaban J connectivity index is 1.71. The first-order valence-corrected chi connectivity index (χ1v) is 13.1. The van der Waals surface area contributed by atoms with E-state index in [-0.39, 0.29) is 53.7 Å². The fraction of sp³-hybridized carbons (Fsp3) is 0.148. The van der Waals surface area contributed by atoms with E-state index >= 15 is 0 Å². The van der Waals surface area contributed by atoms with Crippen LogP contribution in [0.1, 0.15) is 20.7 Å². The van der Waals surface area contributed by atoms with Gasteiger partial charge in [-0.1, -0.05) is 30.3 Å². The number of carboxylic acid groups (broad SMARTS) is 2. The minimum absolute atomic E-state index is 0.0207. The number of nitrogens with zero attached hydrogens (tertiary/aromatic N) is 2. The Labute approximate surface area is 218 Å². The molecule has 11 heteroatoms. The first kappa shape index (κ1) is 25.3. The lowest BCUT2D eigenvalue weighted by Crippen LogP contribution is -2.40. The first-order valence-electron chi connectivity index (χ1n) is 11.7. The zero-order valence-electron chi connectivity index (χ0n) is 20.0. The van der Waals surface area contributed by atoms with Gasteiger partial charge in [0.25, 0.3) is 0 Å². The number of hydrogen-bond donors (Lipinski definition) is 3. The lowest BCUT2D eigenvalue weighted by atomic mass is 10.0. The zero-order chi connectivity index (χ0) is 26.9. The number of nitrogens with one attached hydrogen (secondary N) is 1. The summed E-state index contributed by atoms with van der Waals surface area (Å²) in [5.74, 6) is -2.20. The maximum Gasteiger partial charge on any atom is 0.337 e. The highest BCUT2D eigenvalue weighted by Gasteiger charge is 2.30. The number of fused-ring (bicyclic) bond motifs is 1. The Morgan fingerprint density at radius 1 is 0.895 bits per heavy atom. The molecular formula is C27H23N3O7S. The predicted octanol–water partition coefficient (Wildman–Crippen LogP) is 4.06. The van der Waals surface area contributed by atoms with E-state index in [9.17, 15) is 28.2 Å². The van der Waals surface area contributed by atoms with Gasteiger partial charge in [-0.3, -0.25) is 4.98 Å². The van der Waals surface area contributed by atoms with E-state index in [1.165, 1.54) is 28.7 Å². The van der Waals surface area contributed by atoms with Gasteiger partial charge in [-0.15, -0.1) is 0 Å². The van der Waals surface area contributed by atoms with Crippen molar-refractivity contribution in [2.24, 2.45) is 0 Å². The molecule has 0 bridgehead atoms. The van der Waals surface area contributed by atoms with Crippen LogP contribution in [-0.4, -0.2) is 66.2 Å². The third-order valence-corrected chi connectivity index (χ3v) is 8.21. The van der Waals surface area contributed by atoms with Gasteiger partial charge in [-0.2, -0.15) is 4.31 Å². The quantitative estimate of drug-likeness (QED) is 0.320. The molecule has 38 heavy (non-hydrogen) atoms. The van der Waals surface area contributed by atoms with Crippen molar-refractivity contribution in [1.82, 2.24) is 9.29 Å². The number of para-hydroxylation sites is 1. The van der Waals surface area contributed by atoms with Crippen LogP contribution in [0.5, 0.6) is 0 Å². The largest absolute Gasteiger partial charge is 0.478 e. The van der Waals surface area contributed by atoms with Crippen LogP contribution in [0, 0.1) is 0 Å². The molecule has 10 nitrogen and oxygen atoms in total. The van der Waals surface area contributed by atoms with Crippen LogP contribution in [0.25, 0.3) is 22.0 Å². The monoisotopic (exact) mass is 533 g/mol. The second-order valence-corrected chi connectivity index (χ2v) is 10.5. The van der Waals surface area contributed by atoms with Crippen LogP contribution in [0.3, 0.4) is 0 Å². The van der Waals surface area contributed by atoms with Gasteiger partial charge in [0.05, 0.1) is 41.2 Å². The Morgan fingerprint density at radius 3 is 2.26 bits per heavy atom. The molecular weight excluding hydrogens is 510 g/mol. The predicted molar refractivity (Wildman–Crippen MR) is 140 cm³/mol. The number of morpholine rings is 1. The normalized spacial score (nSPS) is 14.3. The highest BCUT2D eigenvalue weighted by molar-refractivity contribution is 7.89. The number of ether oxygens (including phenoxy) is 1. The van der Waals surface area contributed by atoms with E-state index in [1.807, 2.05) is 0 Å². The summed E-state index contributed by atoms with van der Waals surface area (Å²) < 4.78 is 34.1. The van der Waals surface area contributed by atoms with Crippen molar-refractivity contribution in [1.29, 1.82) is 0 Å². The third-order valence-electron chi connectivity index (χ3n) is 6.30. The van der Waals surface area contributed by atoms with E-state index in [4.69, 9.17) is 4.74 Å². The summed E-state index contributed by atoms with van der Waals surface area (Å²) in [5, 5.41) is 22.5. The second kappa shape index (κ2) is 10.2. The lowest BCUT2D eigenvalue weighted by molar-refractivity contribution is 0.0686. The topological polar surface area (TPSA) is 146 Å². The molecule has 0 spiro atoms. The SMILES string of the molecule is O=C(O)c1ccc(-c2ccc3ncc(S(=O)(=O)N4CCOCC4)c(Nc4ccccc4C(=O)O)c3c2)cc1. The summed E-state index contributed by atoms with van der Waals surface area (Å²) in [7, 11) is -4.01. The third kappa shape index (κ3) is 4.82. The molecule has 1 saturated heterocycles. The molecule has 0 amide bonds. The van der Waals surface area contributed by atoms with Crippen molar-refractivity contribution in [3.8, 4) is 11.1 Å². The maximum absolute atomic E-state index is 13.7. The number of sulfonamides is 1. The van der Waals surface area contributed by atoms with Gasteiger partial charge < -0.3 is 20.3 Å². The van der Waals surface area contributed by atoms with E-state index in [0.29, 0.717) is 16.5 Å². The number of carbonyl (C=O) groups is 2. The fourth-order valence-electron chi connectivity index (χ4n) is 4.32. The van der Waals surface area contributed by atoms with E-state index < -0.39 is 22.0 Å². The minimum atomic E-state index is -4.01. The highest BCUT2D eigenvalue weighted by Crippen LogP contribution is 2.37. The zero-order valence-corrected chi connectivity index (χ0v) is 20.8. The van der Waals surface area contributed by atoms with Crippen LogP contribution in [0.2, 0.25) is 0 Å². The standard InChI is InChI=1S/C27H23N3O7S/c31-26(32)18-7-5-17(6-8-18)19-9-10-22-21(15-19)25(29-23-4-2-1-3-20(23)27(33)34)24(16-28-22)38(35,36)30-11-13-37-14-12-30/h1-10,15-16H,11-14H2,(H,28,29)(H,31,32)(H,33,34). The second-order valence-electron chi connectivity index (χ2n) is 8.60. The van der Waals surface area contributed by atoms with Crippen molar-refractivity contribution in [3.63, 3.8) is 0 Å². The van der Waals surface area contributed by atoms with Gasteiger partial charge in [-0.05, 0) is 47.5 Å². The average molecular weight is 534 g/mol. The maximum atomic E-state index is 13.7. The average Bonchev–Trinajstić information content (AvgIpc) is 2.93. The van der Waals surface area contributed by atoms with Crippen LogP contribution in [-0.2, 0) is 14.8 Å². The Bertz CT molecular complexity index is 1650. The molecule has 5 rings (SSSR count). The molecule has 3 aromatic carbocycles. The van der Waals surface area contributed by atoms with Gasteiger partial charge in [0.1, 0.15) is 4.90 Å². The summed E-state index contributed by atoms with van der Waals surface area (Å²) in [5.41, 5.74) is 2.45. The van der Waals surface area contributed by atoms with Crippen molar-refractivity contribution < 1.29 is 33.0 Å². The number of anilines is 2. The molecule has 0 aliphatic carbocycles. The highest BCUT2D eigenvalue weighted by atomic mass is 32.2. The van der Waals surface area contributed by atoms with Crippen molar-refractivity contribution in [3.05, 3.63) is 84.1 Å². The Hall–Kier alpha value is -4.32. The molecule has 4 aromatic rings.